The Hall–Kier alpha value is -2.64. The first-order chi connectivity index (χ1) is 15.3. The maximum absolute atomic E-state index is 5.20. The van der Waals surface area contributed by atoms with Gasteiger partial charge in [0.25, 0.3) is 0 Å². The van der Waals surface area contributed by atoms with Crippen LogP contribution in [0.5, 0.6) is 0 Å². The molecule has 0 heterocycles. The number of rotatable bonds is 7. The van der Waals surface area contributed by atoms with Gasteiger partial charge in [-0.05, 0) is 77.3 Å². The average Bonchev–Trinajstić information content (AvgIpc) is 2.84. The fraction of sp³-hybridized carbons (Fsp3) is 0.333. The first kappa shape index (κ1) is 21.6. The first-order valence-corrected chi connectivity index (χ1v) is 11.7. The third kappa shape index (κ3) is 5.54. The molecule has 1 aliphatic rings. The molecule has 3 aromatic carbocycles. The van der Waals surface area contributed by atoms with Crippen molar-refractivity contribution in [2.24, 2.45) is 5.92 Å². The summed E-state index contributed by atoms with van der Waals surface area (Å²) in [5.41, 5.74) is 7.78. The van der Waals surface area contributed by atoms with Crippen molar-refractivity contribution in [1.82, 2.24) is 0 Å². The fourth-order valence-corrected chi connectivity index (χ4v) is 4.74. The lowest BCUT2D eigenvalue weighted by atomic mass is 9.78. The van der Waals surface area contributed by atoms with Gasteiger partial charge in [-0.3, -0.25) is 0 Å². The Bertz CT molecular complexity index is 956. The van der Waals surface area contributed by atoms with Crippen LogP contribution in [0.15, 0.2) is 84.9 Å². The molecule has 3 aromatic rings. The zero-order valence-corrected chi connectivity index (χ0v) is 18.9. The summed E-state index contributed by atoms with van der Waals surface area (Å²) in [6, 6.07) is 26.8. The standard InChI is InChI=1S/C30H34O/c1-3-4-5-23-6-10-25(11-7-23)27-14-18-29(19-15-27)30-20-16-28(17-21-30)26-12-8-24(9-13-26)22-31-2/h4-5,8-9,12-21,23,25H,3,6-7,10-11,22H2,1-2H3/t23-,25-. The Morgan fingerprint density at radius 2 is 1.19 bits per heavy atom. The Balaban J connectivity index is 1.39. The molecule has 0 unspecified atom stereocenters. The lowest BCUT2D eigenvalue weighted by Crippen LogP contribution is -2.11. The van der Waals surface area contributed by atoms with E-state index in [1.807, 2.05) is 0 Å². The van der Waals surface area contributed by atoms with Crippen LogP contribution in [0.25, 0.3) is 22.3 Å². The quantitative estimate of drug-likeness (QED) is 0.355. The molecule has 1 fully saturated rings. The van der Waals surface area contributed by atoms with Crippen LogP contribution < -0.4 is 0 Å². The van der Waals surface area contributed by atoms with Crippen LogP contribution in [-0.4, -0.2) is 7.11 Å². The second-order valence-corrected chi connectivity index (χ2v) is 8.78. The van der Waals surface area contributed by atoms with Gasteiger partial charge in [0.1, 0.15) is 0 Å². The second-order valence-electron chi connectivity index (χ2n) is 8.78. The number of hydrogen-bond donors (Lipinski definition) is 0. The highest BCUT2D eigenvalue weighted by Gasteiger charge is 2.20. The molecule has 1 saturated carbocycles. The Labute approximate surface area is 187 Å². The van der Waals surface area contributed by atoms with E-state index in [1.54, 1.807) is 7.11 Å². The summed E-state index contributed by atoms with van der Waals surface area (Å²) < 4.78 is 5.20. The highest BCUT2D eigenvalue weighted by molar-refractivity contribution is 5.70. The summed E-state index contributed by atoms with van der Waals surface area (Å²) in [6.45, 7) is 2.88. The van der Waals surface area contributed by atoms with E-state index in [-0.39, 0.29) is 0 Å². The largest absolute Gasteiger partial charge is 0.380 e. The predicted molar refractivity (Wildman–Crippen MR) is 132 cm³/mol. The minimum atomic E-state index is 0.659. The van der Waals surface area contributed by atoms with Gasteiger partial charge in [-0.2, -0.15) is 0 Å². The van der Waals surface area contributed by atoms with Gasteiger partial charge in [-0.1, -0.05) is 91.9 Å². The van der Waals surface area contributed by atoms with Gasteiger partial charge in [-0.25, -0.2) is 0 Å². The molecule has 31 heavy (non-hydrogen) atoms. The van der Waals surface area contributed by atoms with Gasteiger partial charge in [0.15, 0.2) is 0 Å². The van der Waals surface area contributed by atoms with Crippen molar-refractivity contribution in [1.29, 1.82) is 0 Å². The van der Waals surface area contributed by atoms with Gasteiger partial charge in [0.2, 0.25) is 0 Å². The number of methoxy groups -OCH3 is 1. The van der Waals surface area contributed by atoms with Crippen molar-refractivity contribution in [3.05, 3.63) is 96.1 Å². The summed E-state index contributed by atoms with van der Waals surface area (Å²) in [4.78, 5) is 0. The molecule has 0 bridgehead atoms. The Morgan fingerprint density at radius 3 is 1.68 bits per heavy atom. The molecule has 1 heteroatoms. The molecule has 160 valence electrons. The molecule has 0 amide bonds. The van der Waals surface area contributed by atoms with Crippen molar-refractivity contribution >= 4 is 0 Å². The molecule has 1 nitrogen and oxygen atoms in total. The zero-order chi connectivity index (χ0) is 21.5. The molecule has 0 N–H and O–H groups in total. The summed E-state index contributed by atoms with van der Waals surface area (Å²) >= 11 is 0. The lowest BCUT2D eigenvalue weighted by Gasteiger charge is -2.27. The van der Waals surface area contributed by atoms with E-state index in [0.29, 0.717) is 6.61 Å². The number of hydrogen-bond acceptors (Lipinski definition) is 1. The van der Waals surface area contributed by atoms with Gasteiger partial charge in [-0.15, -0.1) is 0 Å². The number of allylic oxidation sites excluding steroid dienone is 2. The van der Waals surface area contributed by atoms with Gasteiger partial charge in [0.05, 0.1) is 6.61 Å². The highest BCUT2D eigenvalue weighted by Crippen LogP contribution is 2.37. The predicted octanol–water partition coefficient (Wildman–Crippen LogP) is 8.41. The summed E-state index contributed by atoms with van der Waals surface area (Å²) in [6.07, 6.45) is 11.2. The molecular formula is C30H34O. The topological polar surface area (TPSA) is 9.23 Å². The van der Waals surface area contributed by atoms with Crippen LogP contribution in [-0.2, 0) is 11.3 Å². The maximum Gasteiger partial charge on any atom is 0.0713 e. The van der Waals surface area contributed by atoms with Gasteiger partial charge < -0.3 is 4.74 Å². The van der Waals surface area contributed by atoms with E-state index >= 15 is 0 Å². The van der Waals surface area contributed by atoms with Crippen molar-refractivity contribution < 1.29 is 4.74 Å². The minimum absolute atomic E-state index is 0.659. The SMILES string of the molecule is CCC=C[C@H]1CC[C@H](c2ccc(-c3ccc(-c4ccc(COC)cc4)cc3)cc2)CC1. The summed E-state index contributed by atoms with van der Waals surface area (Å²) in [5, 5.41) is 0. The molecule has 4 rings (SSSR count). The van der Waals surface area contributed by atoms with E-state index in [0.717, 1.165) is 18.3 Å². The third-order valence-electron chi connectivity index (χ3n) is 6.61. The van der Waals surface area contributed by atoms with E-state index in [4.69, 9.17) is 4.74 Å². The normalized spacial score (nSPS) is 19.0. The van der Waals surface area contributed by atoms with Crippen molar-refractivity contribution in [2.45, 2.75) is 51.6 Å². The lowest BCUT2D eigenvalue weighted by molar-refractivity contribution is 0.185. The molecule has 0 saturated heterocycles. The van der Waals surface area contributed by atoms with Crippen molar-refractivity contribution in [3.63, 3.8) is 0 Å². The van der Waals surface area contributed by atoms with Crippen LogP contribution in [0.2, 0.25) is 0 Å². The van der Waals surface area contributed by atoms with Crippen LogP contribution in [0.1, 0.15) is 56.1 Å². The van der Waals surface area contributed by atoms with Gasteiger partial charge in [0, 0.05) is 7.11 Å². The maximum atomic E-state index is 5.20. The van der Waals surface area contributed by atoms with Crippen LogP contribution in [0.4, 0.5) is 0 Å². The summed E-state index contributed by atoms with van der Waals surface area (Å²) in [5.74, 6) is 1.52. The number of ether oxygens (including phenoxy) is 1. The smallest absolute Gasteiger partial charge is 0.0713 e. The first-order valence-electron chi connectivity index (χ1n) is 11.7. The van der Waals surface area contributed by atoms with E-state index in [1.165, 1.54) is 59.1 Å². The Kier molecular flexibility index (Phi) is 7.38. The molecule has 0 atom stereocenters. The third-order valence-corrected chi connectivity index (χ3v) is 6.61. The molecule has 0 aromatic heterocycles. The van der Waals surface area contributed by atoms with Crippen LogP contribution >= 0.6 is 0 Å². The van der Waals surface area contributed by atoms with Crippen LogP contribution in [0, 0.1) is 5.92 Å². The average molecular weight is 411 g/mol. The van der Waals surface area contributed by atoms with E-state index in [2.05, 4.69) is 91.9 Å². The van der Waals surface area contributed by atoms with Crippen LogP contribution in [0.3, 0.4) is 0 Å². The van der Waals surface area contributed by atoms with Gasteiger partial charge >= 0.3 is 0 Å². The van der Waals surface area contributed by atoms with E-state index in [9.17, 15) is 0 Å². The van der Waals surface area contributed by atoms with Crippen molar-refractivity contribution in [2.75, 3.05) is 7.11 Å². The summed E-state index contributed by atoms with van der Waals surface area (Å²) in [7, 11) is 1.73. The minimum Gasteiger partial charge on any atom is -0.380 e. The zero-order valence-electron chi connectivity index (χ0n) is 18.9. The molecule has 0 spiro atoms. The van der Waals surface area contributed by atoms with Crippen molar-refractivity contribution in [3.8, 4) is 22.3 Å². The highest BCUT2D eigenvalue weighted by atomic mass is 16.5. The molecular weight excluding hydrogens is 376 g/mol. The Morgan fingerprint density at radius 1 is 0.710 bits per heavy atom. The monoisotopic (exact) mass is 410 g/mol. The fourth-order valence-electron chi connectivity index (χ4n) is 4.74. The molecule has 1 aliphatic carbocycles. The second kappa shape index (κ2) is 10.6. The number of benzene rings is 3. The van der Waals surface area contributed by atoms with E-state index < -0.39 is 0 Å². The molecule has 0 aliphatic heterocycles. The molecule has 0 radical (unpaired) electrons.